The zero-order valence-electron chi connectivity index (χ0n) is 13.4. The fraction of sp³-hybridized carbons (Fsp3) is 0.923. The predicted octanol–water partition coefficient (Wildman–Crippen LogP) is -4.69. The van der Waals surface area contributed by atoms with Crippen LogP contribution in [0.2, 0.25) is 0 Å². The van der Waals surface area contributed by atoms with E-state index in [-0.39, 0.29) is 0 Å². The number of hydrogen-bond donors (Lipinski definition) is 8. The van der Waals surface area contributed by atoms with E-state index < -0.39 is 80.8 Å². The van der Waals surface area contributed by atoms with Crippen molar-refractivity contribution in [3.63, 3.8) is 0 Å². The Balaban J connectivity index is 2.25. The lowest BCUT2D eigenvalue weighted by atomic mass is 9.99. The highest BCUT2D eigenvalue weighted by Gasteiger charge is 2.59. The van der Waals surface area contributed by atoms with E-state index in [2.05, 4.69) is 4.74 Å². The molecule has 2 fully saturated rings. The van der Waals surface area contributed by atoms with Crippen molar-refractivity contribution in [3.05, 3.63) is 0 Å². The van der Waals surface area contributed by atoms with E-state index in [4.69, 9.17) is 24.4 Å². The van der Waals surface area contributed by atoms with Gasteiger partial charge in [0.2, 0.25) is 5.79 Å². The van der Waals surface area contributed by atoms with Gasteiger partial charge >= 0.3 is 6.16 Å². The summed E-state index contributed by atoms with van der Waals surface area (Å²) in [5.41, 5.74) is 0. The minimum absolute atomic E-state index is 0.755. The number of hydrogen-bond acceptors (Lipinski definition) is 12. The second-order valence-electron chi connectivity index (χ2n) is 5.96. The molecule has 152 valence electrons. The van der Waals surface area contributed by atoms with Crippen LogP contribution >= 0.6 is 0 Å². The quantitative estimate of drug-likeness (QED) is 0.202. The second kappa shape index (κ2) is 8.26. The van der Waals surface area contributed by atoms with Gasteiger partial charge in [-0.25, -0.2) is 4.79 Å². The van der Waals surface area contributed by atoms with Gasteiger partial charge < -0.3 is 59.8 Å². The molecular formula is C13H22O13. The first-order valence-electron chi connectivity index (χ1n) is 7.65. The van der Waals surface area contributed by atoms with Gasteiger partial charge in [0, 0.05) is 0 Å². The average molecular weight is 386 g/mol. The second-order valence-corrected chi connectivity index (χ2v) is 5.96. The number of carboxylic acid groups (broad SMARTS) is 1. The van der Waals surface area contributed by atoms with E-state index in [0.717, 1.165) is 0 Å². The minimum atomic E-state index is -2.39. The van der Waals surface area contributed by atoms with E-state index in [1.54, 1.807) is 0 Å². The molecule has 0 aromatic rings. The zero-order chi connectivity index (χ0) is 19.6. The zero-order valence-corrected chi connectivity index (χ0v) is 13.4. The SMILES string of the molecule is O=C(O)OC[C@@]1(O[C@H]2O[C@H](CO)[C@@H](O)[C@H](O)[C@H]2O)O[C@H](CO)[C@@H](O)[C@@H]1O. The van der Waals surface area contributed by atoms with Crippen LogP contribution in [0.3, 0.4) is 0 Å². The summed E-state index contributed by atoms with van der Waals surface area (Å²) in [4.78, 5) is 10.7. The molecule has 0 aliphatic carbocycles. The van der Waals surface area contributed by atoms with Crippen molar-refractivity contribution in [3.8, 4) is 0 Å². The third kappa shape index (κ3) is 3.91. The lowest BCUT2D eigenvalue weighted by molar-refractivity contribution is -0.383. The summed E-state index contributed by atoms with van der Waals surface area (Å²) in [6.07, 6.45) is -15.3. The van der Waals surface area contributed by atoms with Gasteiger partial charge in [0.15, 0.2) is 12.9 Å². The molecule has 2 aliphatic rings. The summed E-state index contributed by atoms with van der Waals surface area (Å²) in [5, 5.41) is 76.6. The molecule has 0 spiro atoms. The molecule has 2 rings (SSSR count). The first-order valence-corrected chi connectivity index (χ1v) is 7.65. The van der Waals surface area contributed by atoms with E-state index in [1.165, 1.54) is 0 Å². The van der Waals surface area contributed by atoms with Gasteiger partial charge in [-0.05, 0) is 0 Å². The first-order chi connectivity index (χ1) is 12.2. The largest absolute Gasteiger partial charge is 0.505 e. The van der Waals surface area contributed by atoms with Gasteiger partial charge in [0.25, 0.3) is 0 Å². The summed E-state index contributed by atoms with van der Waals surface area (Å²) >= 11 is 0. The molecule has 8 N–H and O–H groups in total. The van der Waals surface area contributed by atoms with Crippen LogP contribution in [0.5, 0.6) is 0 Å². The minimum Gasteiger partial charge on any atom is -0.450 e. The van der Waals surface area contributed by atoms with Crippen LogP contribution < -0.4 is 0 Å². The maximum atomic E-state index is 10.7. The van der Waals surface area contributed by atoms with E-state index in [9.17, 15) is 35.4 Å². The molecule has 0 bridgehead atoms. The normalized spacial score (nSPS) is 46.3. The molecule has 0 unspecified atom stereocenters. The molecule has 2 aliphatic heterocycles. The molecule has 2 saturated heterocycles. The number of aliphatic hydroxyl groups is 7. The average Bonchev–Trinajstić information content (AvgIpc) is 2.85. The Morgan fingerprint density at radius 2 is 1.54 bits per heavy atom. The Labute approximate surface area is 146 Å². The van der Waals surface area contributed by atoms with Crippen LogP contribution in [-0.2, 0) is 18.9 Å². The maximum absolute atomic E-state index is 10.7. The molecule has 0 radical (unpaired) electrons. The van der Waals surface area contributed by atoms with Crippen molar-refractivity contribution in [2.24, 2.45) is 0 Å². The van der Waals surface area contributed by atoms with Gasteiger partial charge in [-0.1, -0.05) is 0 Å². The summed E-state index contributed by atoms with van der Waals surface area (Å²) in [6.45, 7) is -2.49. The van der Waals surface area contributed by atoms with Gasteiger partial charge in [-0.15, -0.1) is 0 Å². The Hall–Kier alpha value is -1.13. The maximum Gasteiger partial charge on any atom is 0.505 e. The molecule has 0 aromatic heterocycles. The van der Waals surface area contributed by atoms with Gasteiger partial charge in [-0.2, -0.15) is 0 Å². The van der Waals surface area contributed by atoms with Crippen LogP contribution in [0, 0.1) is 0 Å². The summed E-state index contributed by atoms with van der Waals surface area (Å²) < 4.78 is 19.9. The summed E-state index contributed by atoms with van der Waals surface area (Å²) in [7, 11) is 0. The number of rotatable bonds is 6. The predicted molar refractivity (Wildman–Crippen MR) is 75.5 cm³/mol. The monoisotopic (exact) mass is 386 g/mol. The van der Waals surface area contributed by atoms with Crippen molar-refractivity contribution in [1.82, 2.24) is 0 Å². The smallest absolute Gasteiger partial charge is 0.450 e. The van der Waals surface area contributed by atoms with E-state index in [1.807, 2.05) is 0 Å². The first kappa shape index (κ1) is 21.2. The van der Waals surface area contributed by atoms with Crippen LogP contribution in [0.1, 0.15) is 0 Å². The Morgan fingerprint density at radius 3 is 2.04 bits per heavy atom. The molecule has 0 amide bonds. The fourth-order valence-electron chi connectivity index (χ4n) is 2.78. The Bertz CT molecular complexity index is 487. The van der Waals surface area contributed by atoms with Gasteiger partial charge in [0.1, 0.15) is 42.7 Å². The lowest BCUT2D eigenvalue weighted by Gasteiger charge is -2.43. The number of carbonyl (C=O) groups is 1. The Kier molecular flexibility index (Phi) is 6.73. The Morgan fingerprint density at radius 1 is 0.923 bits per heavy atom. The molecule has 13 heteroatoms. The lowest BCUT2D eigenvalue weighted by Crippen LogP contribution is -2.62. The molecular weight excluding hydrogens is 364 g/mol. The molecule has 9 atom stereocenters. The van der Waals surface area contributed by atoms with Crippen molar-refractivity contribution in [2.75, 3.05) is 19.8 Å². The number of ether oxygens (including phenoxy) is 4. The molecule has 0 aromatic carbocycles. The van der Waals surface area contributed by atoms with Gasteiger partial charge in [-0.3, -0.25) is 0 Å². The van der Waals surface area contributed by atoms with Crippen LogP contribution in [-0.4, -0.2) is 122 Å². The number of aliphatic hydroxyl groups excluding tert-OH is 7. The summed E-state index contributed by atoms with van der Waals surface area (Å²) in [5.74, 6) is -2.39. The van der Waals surface area contributed by atoms with Crippen molar-refractivity contribution >= 4 is 6.16 Å². The van der Waals surface area contributed by atoms with Crippen LogP contribution in [0.15, 0.2) is 0 Å². The van der Waals surface area contributed by atoms with Crippen LogP contribution in [0.4, 0.5) is 4.79 Å². The standard InChI is InChI=1S/C13H22O13/c14-1-4-6(16)8(18)9(19)11(24-4)26-13(3-23-12(21)22)10(20)7(17)5(2-15)25-13/h4-11,14-20H,1-3H2,(H,21,22)/t4-,5-,6-,7-,8+,9-,10+,11-,13+/m1/s1. The molecule has 13 nitrogen and oxygen atoms in total. The third-order valence-electron chi connectivity index (χ3n) is 4.25. The van der Waals surface area contributed by atoms with Crippen molar-refractivity contribution in [2.45, 2.75) is 54.8 Å². The topological polar surface area (TPSA) is 216 Å². The third-order valence-corrected chi connectivity index (χ3v) is 4.25. The van der Waals surface area contributed by atoms with Crippen LogP contribution in [0.25, 0.3) is 0 Å². The molecule has 0 saturated carbocycles. The molecule has 26 heavy (non-hydrogen) atoms. The molecule has 2 heterocycles. The highest BCUT2D eigenvalue weighted by Crippen LogP contribution is 2.36. The van der Waals surface area contributed by atoms with E-state index >= 15 is 0 Å². The van der Waals surface area contributed by atoms with E-state index in [0.29, 0.717) is 0 Å². The summed E-state index contributed by atoms with van der Waals surface area (Å²) in [6, 6.07) is 0. The fourth-order valence-corrected chi connectivity index (χ4v) is 2.78. The van der Waals surface area contributed by atoms with Gasteiger partial charge in [0.05, 0.1) is 13.2 Å². The highest BCUT2D eigenvalue weighted by atomic mass is 16.8. The van der Waals surface area contributed by atoms with Crippen molar-refractivity contribution < 1.29 is 64.6 Å². The highest BCUT2D eigenvalue weighted by molar-refractivity contribution is 5.56. The van der Waals surface area contributed by atoms with Crippen molar-refractivity contribution in [1.29, 1.82) is 0 Å².